The minimum atomic E-state index is -0.323. The van der Waals surface area contributed by atoms with Crippen molar-refractivity contribution in [2.45, 2.75) is 39.3 Å². The topological polar surface area (TPSA) is 35.2 Å². The van der Waals surface area contributed by atoms with Gasteiger partial charge in [0.1, 0.15) is 18.2 Å². The molecule has 0 saturated carbocycles. The van der Waals surface area contributed by atoms with Crippen LogP contribution in [0.25, 0.3) is 0 Å². The SMILES string of the molecule is CC(C)(C)c1ccc(COc2cc(F)cc(CN)c2)cc1. The van der Waals surface area contributed by atoms with Crippen LogP contribution in [0.4, 0.5) is 4.39 Å². The molecule has 0 fully saturated rings. The van der Waals surface area contributed by atoms with Crippen LogP contribution in [0.2, 0.25) is 0 Å². The minimum absolute atomic E-state index is 0.137. The molecular formula is C18H22FNO. The van der Waals surface area contributed by atoms with E-state index in [0.29, 0.717) is 18.9 Å². The largest absolute Gasteiger partial charge is 0.489 e. The van der Waals surface area contributed by atoms with Gasteiger partial charge in [-0.25, -0.2) is 4.39 Å². The van der Waals surface area contributed by atoms with Crippen LogP contribution in [0.3, 0.4) is 0 Å². The molecule has 0 heterocycles. The summed E-state index contributed by atoms with van der Waals surface area (Å²) in [6, 6.07) is 12.9. The summed E-state index contributed by atoms with van der Waals surface area (Å²) in [7, 11) is 0. The second-order valence-electron chi connectivity index (χ2n) is 6.23. The van der Waals surface area contributed by atoms with Crippen LogP contribution in [-0.4, -0.2) is 0 Å². The molecule has 0 spiro atoms. The van der Waals surface area contributed by atoms with Crippen molar-refractivity contribution in [3.8, 4) is 5.75 Å². The fourth-order valence-electron chi connectivity index (χ4n) is 2.09. The summed E-state index contributed by atoms with van der Waals surface area (Å²) in [6.45, 7) is 7.26. The molecule has 2 aromatic carbocycles. The second kappa shape index (κ2) is 6.27. The molecule has 0 aliphatic carbocycles. The fraction of sp³-hybridized carbons (Fsp3) is 0.333. The Bertz CT molecular complexity index is 600. The highest BCUT2D eigenvalue weighted by atomic mass is 19.1. The molecule has 0 aliphatic rings. The van der Waals surface area contributed by atoms with Gasteiger partial charge in [-0.3, -0.25) is 0 Å². The molecule has 3 heteroatoms. The van der Waals surface area contributed by atoms with Gasteiger partial charge in [-0.15, -0.1) is 0 Å². The number of nitrogens with two attached hydrogens (primary N) is 1. The number of hydrogen-bond donors (Lipinski definition) is 1. The van der Waals surface area contributed by atoms with E-state index in [-0.39, 0.29) is 11.2 Å². The third-order valence-electron chi connectivity index (χ3n) is 3.39. The first-order chi connectivity index (χ1) is 9.88. The predicted octanol–water partition coefficient (Wildman–Crippen LogP) is 4.16. The molecule has 112 valence electrons. The summed E-state index contributed by atoms with van der Waals surface area (Å²) < 4.78 is 19.0. The lowest BCUT2D eigenvalue weighted by Crippen LogP contribution is -2.10. The van der Waals surface area contributed by atoms with E-state index in [1.54, 1.807) is 6.07 Å². The smallest absolute Gasteiger partial charge is 0.127 e. The predicted molar refractivity (Wildman–Crippen MR) is 83.8 cm³/mol. The number of rotatable bonds is 4. The molecular weight excluding hydrogens is 265 g/mol. The van der Waals surface area contributed by atoms with Crippen molar-refractivity contribution in [2.24, 2.45) is 5.73 Å². The van der Waals surface area contributed by atoms with Gasteiger partial charge in [0.2, 0.25) is 0 Å². The van der Waals surface area contributed by atoms with Crippen molar-refractivity contribution >= 4 is 0 Å². The maximum Gasteiger partial charge on any atom is 0.127 e. The molecule has 0 aromatic heterocycles. The number of benzene rings is 2. The molecule has 2 nitrogen and oxygen atoms in total. The zero-order valence-corrected chi connectivity index (χ0v) is 12.8. The normalized spacial score (nSPS) is 11.5. The lowest BCUT2D eigenvalue weighted by molar-refractivity contribution is 0.304. The maximum absolute atomic E-state index is 13.4. The Morgan fingerprint density at radius 1 is 1.00 bits per heavy atom. The highest BCUT2D eigenvalue weighted by molar-refractivity contribution is 5.31. The van der Waals surface area contributed by atoms with Crippen molar-refractivity contribution in [2.75, 3.05) is 0 Å². The van der Waals surface area contributed by atoms with Gasteiger partial charge >= 0.3 is 0 Å². The fourth-order valence-corrected chi connectivity index (χ4v) is 2.09. The molecule has 2 rings (SSSR count). The van der Waals surface area contributed by atoms with Crippen molar-refractivity contribution in [1.29, 1.82) is 0 Å². The van der Waals surface area contributed by atoms with Gasteiger partial charge in [0, 0.05) is 12.6 Å². The molecule has 2 aromatic rings. The lowest BCUT2D eigenvalue weighted by atomic mass is 9.87. The van der Waals surface area contributed by atoms with E-state index in [1.165, 1.54) is 17.7 Å². The highest BCUT2D eigenvalue weighted by Crippen LogP contribution is 2.23. The standard InChI is InChI=1S/C18H22FNO/c1-18(2,3)15-6-4-13(5-7-15)12-21-17-9-14(11-20)8-16(19)10-17/h4-10H,11-12,20H2,1-3H3. The average Bonchev–Trinajstić information content (AvgIpc) is 2.44. The van der Waals surface area contributed by atoms with Gasteiger partial charge in [-0.05, 0) is 34.2 Å². The molecule has 0 atom stereocenters. The van der Waals surface area contributed by atoms with Crippen LogP contribution < -0.4 is 10.5 Å². The van der Waals surface area contributed by atoms with Crippen molar-refractivity contribution in [1.82, 2.24) is 0 Å². The molecule has 21 heavy (non-hydrogen) atoms. The number of hydrogen-bond acceptors (Lipinski definition) is 2. The van der Waals surface area contributed by atoms with E-state index in [0.717, 1.165) is 11.1 Å². The third kappa shape index (κ3) is 4.30. The monoisotopic (exact) mass is 287 g/mol. The van der Waals surface area contributed by atoms with Crippen molar-refractivity contribution in [3.63, 3.8) is 0 Å². The van der Waals surface area contributed by atoms with E-state index in [4.69, 9.17) is 10.5 Å². The van der Waals surface area contributed by atoms with E-state index >= 15 is 0 Å². The molecule has 0 unspecified atom stereocenters. The van der Waals surface area contributed by atoms with Gasteiger partial charge in [0.25, 0.3) is 0 Å². The maximum atomic E-state index is 13.4. The Balaban J connectivity index is 2.05. The Labute approximate surface area is 125 Å². The Kier molecular flexibility index (Phi) is 4.63. The zero-order valence-electron chi connectivity index (χ0n) is 12.8. The lowest BCUT2D eigenvalue weighted by Gasteiger charge is -2.19. The van der Waals surface area contributed by atoms with Gasteiger partial charge < -0.3 is 10.5 Å². The molecule has 0 amide bonds. The van der Waals surface area contributed by atoms with Crippen molar-refractivity contribution in [3.05, 3.63) is 65.0 Å². The number of ether oxygens (including phenoxy) is 1. The van der Waals surface area contributed by atoms with E-state index in [2.05, 4.69) is 32.9 Å². The summed E-state index contributed by atoms with van der Waals surface area (Å²) >= 11 is 0. The molecule has 0 radical (unpaired) electrons. The Hall–Kier alpha value is -1.87. The van der Waals surface area contributed by atoms with E-state index in [9.17, 15) is 4.39 Å². The highest BCUT2D eigenvalue weighted by Gasteiger charge is 2.12. The summed E-state index contributed by atoms with van der Waals surface area (Å²) in [5, 5.41) is 0. The van der Waals surface area contributed by atoms with Crippen LogP contribution >= 0.6 is 0 Å². The zero-order chi connectivity index (χ0) is 15.5. The van der Waals surface area contributed by atoms with Gasteiger partial charge in [0.05, 0.1) is 0 Å². The van der Waals surface area contributed by atoms with E-state index in [1.807, 2.05) is 12.1 Å². The minimum Gasteiger partial charge on any atom is -0.489 e. The molecule has 2 N–H and O–H groups in total. The third-order valence-corrected chi connectivity index (χ3v) is 3.39. The first-order valence-electron chi connectivity index (χ1n) is 7.10. The average molecular weight is 287 g/mol. The van der Waals surface area contributed by atoms with Gasteiger partial charge in [-0.1, -0.05) is 45.0 Å². The van der Waals surface area contributed by atoms with Gasteiger partial charge in [0.15, 0.2) is 0 Å². The summed E-state index contributed by atoms with van der Waals surface area (Å²) in [5.41, 5.74) is 8.73. The molecule has 0 aliphatic heterocycles. The van der Waals surface area contributed by atoms with Crippen LogP contribution in [0.5, 0.6) is 5.75 Å². The van der Waals surface area contributed by atoms with Crippen LogP contribution in [0.15, 0.2) is 42.5 Å². The second-order valence-corrected chi connectivity index (χ2v) is 6.23. The summed E-state index contributed by atoms with van der Waals surface area (Å²) in [6.07, 6.45) is 0. The molecule has 0 saturated heterocycles. The summed E-state index contributed by atoms with van der Waals surface area (Å²) in [4.78, 5) is 0. The van der Waals surface area contributed by atoms with Gasteiger partial charge in [-0.2, -0.15) is 0 Å². The first kappa shape index (κ1) is 15.5. The molecule has 0 bridgehead atoms. The number of halogens is 1. The Morgan fingerprint density at radius 2 is 1.67 bits per heavy atom. The Morgan fingerprint density at radius 3 is 2.24 bits per heavy atom. The van der Waals surface area contributed by atoms with Crippen LogP contribution in [0, 0.1) is 5.82 Å². The quantitative estimate of drug-likeness (QED) is 0.916. The van der Waals surface area contributed by atoms with E-state index < -0.39 is 0 Å². The van der Waals surface area contributed by atoms with Crippen molar-refractivity contribution < 1.29 is 9.13 Å². The van der Waals surface area contributed by atoms with Crippen LogP contribution in [0.1, 0.15) is 37.5 Å². The first-order valence-corrected chi connectivity index (χ1v) is 7.10. The van der Waals surface area contributed by atoms with Crippen LogP contribution in [-0.2, 0) is 18.6 Å². The summed E-state index contributed by atoms with van der Waals surface area (Å²) in [5.74, 6) is 0.186.